The number of rotatable bonds is 4. The highest BCUT2D eigenvalue weighted by Gasteiger charge is 2.42. The maximum atomic E-state index is 14.0. The summed E-state index contributed by atoms with van der Waals surface area (Å²) >= 11 is 0. The van der Waals surface area contributed by atoms with Crippen LogP contribution in [-0.4, -0.2) is 40.5 Å². The van der Waals surface area contributed by atoms with Crippen molar-refractivity contribution in [2.45, 2.75) is 38.4 Å². The summed E-state index contributed by atoms with van der Waals surface area (Å²) < 4.78 is 25.1. The number of hydrogen-bond acceptors (Lipinski definition) is 7. The molecule has 158 valence electrons. The number of furan rings is 1. The van der Waals surface area contributed by atoms with Crippen LogP contribution in [0.15, 0.2) is 41.1 Å². The van der Waals surface area contributed by atoms with Crippen LogP contribution in [0.5, 0.6) is 0 Å². The largest absolute Gasteiger partial charge is 0.461 e. The van der Waals surface area contributed by atoms with E-state index >= 15 is 0 Å². The Hall–Kier alpha value is -3.26. The van der Waals surface area contributed by atoms with E-state index in [0.717, 1.165) is 53.7 Å². The summed E-state index contributed by atoms with van der Waals surface area (Å²) in [6.45, 7) is 5.42. The lowest BCUT2D eigenvalue weighted by atomic mass is 9.90. The van der Waals surface area contributed by atoms with E-state index in [0.29, 0.717) is 28.9 Å². The van der Waals surface area contributed by atoms with Crippen molar-refractivity contribution < 1.29 is 13.5 Å². The number of fused-ring (bicyclic) bond motifs is 4. The molecule has 2 fully saturated rings. The molecule has 2 bridgehead atoms. The molecule has 2 aliphatic heterocycles. The second-order valence-corrected chi connectivity index (χ2v) is 8.39. The number of benzene rings is 1. The molecule has 3 atom stereocenters. The Morgan fingerprint density at radius 1 is 1.19 bits per heavy atom. The number of morpholine rings is 1. The van der Waals surface area contributed by atoms with Crippen LogP contribution < -0.4 is 10.2 Å². The molecule has 0 aliphatic carbocycles. The minimum Gasteiger partial charge on any atom is -0.461 e. The summed E-state index contributed by atoms with van der Waals surface area (Å²) in [7, 11) is 0. The average Bonchev–Trinajstić information content (AvgIpc) is 3.17. The zero-order chi connectivity index (χ0) is 21.1. The molecule has 3 aromatic heterocycles. The predicted octanol–water partition coefficient (Wildman–Crippen LogP) is 4.37. The average molecular weight is 419 g/mol. The van der Waals surface area contributed by atoms with Crippen LogP contribution in [-0.2, 0) is 4.74 Å². The van der Waals surface area contributed by atoms with Gasteiger partial charge < -0.3 is 19.4 Å². The first-order chi connectivity index (χ1) is 15.1. The van der Waals surface area contributed by atoms with Crippen LogP contribution in [0.3, 0.4) is 0 Å². The number of anilines is 2. The highest BCUT2D eigenvalue weighted by atomic mass is 19.1. The number of nitrogens with zero attached hydrogens (tertiary/aromatic N) is 4. The molecule has 1 N–H and O–H groups in total. The lowest BCUT2D eigenvalue weighted by molar-refractivity contribution is 0.0103. The smallest absolute Gasteiger partial charge is 0.169 e. The molecule has 7 nitrogen and oxygen atoms in total. The molecule has 4 aromatic rings. The van der Waals surface area contributed by atoms with Crippen molar-refractivity contribution in [1.29, 1.82) is 0 Å². The summed E-state index contributed by atoms with van der Waals surface area (Å²) in [4.78, 5) is 7.11. The Kier molecular flexibility index (Phi) is 4.11. The fourth-order valence-corrected chi connectivity index (χ4v) is 4.83. The van der Waals surface area contributed by atoms with Gasteiger partial charge in [-0.2, -0.15) is 5.10 Å². The number of aryl methyl sites for hydroxylation is 1. The van der Waals surface area contributed by atoms with E-state index in [1.165, 1.54) is 0 Å². The van der Waals surface area contributed by atoms with Crippen LogP contribution >= 0.6 is 0 Å². The van der Waals surface area contributed by atoms with Gasteiger partial charge in [0, 0.05) is 10.9 Å². The molecule has 2 unspecified atom stereocenters. The van der Waals surface area contributed by atoms with Gasteiger partial charge in [0.2, 0.25) is 0 Å². The van der Waals surface area contributed by atoms with Crippen molar-refractivity contribution in [2.75, 3.05) is 23.4 Å². The first-order valence-corrected chi connectivity index (χ1v) is 10.5. The van der Waals surface area contributed by atoms with Crippen LogP contribution in [0.4, 0.5) is 15.9 Å². The Morgan fingerprint density at radius 3 is 2.84 bits per heavy atom. The molecule has 8 heteroatoms. The number of pyridine rings is 1. The third-order valence-corrected chi connectivity index (χ3v) is 6.42. The van der Waals surface area contributed by atoms with Crippen LogP contribution in [0.25, 0.3) is 21.9 Å². The Bertz CT molecular complexity index is 1290. The molecule has 2 aliphatic rings. The molecule has 6 rings (SSSR count). The van der Waals surface area contributed by atoms with Gasteiger partial charge in [0.25, 0.3) is 0 Å². The van der Waals surface area contributed by atoms with Gasteiger partial charge in [-0.1, -0.05) is 12.1 Å². The van der Waals surface area contributed by atoms with Gasteiger partial charge in [-0.05, 0) is 32.4 Å². The monoisotopic (exact) mass is 419 g/mol. The van der Waals surface area contributed by atoms with Crippen LogP contribution in [0.1, 0.15) is 30.6 Å². The maximum absolute atomic E-state index is 14.0. The van der Waals surface area contributed by atoms with Gasteiger partial charge in [-0.15, -0.1) is 5.10 Å². The quantitative estimate of drug-likeness (QED) is 0.526. The second kappa shape index (κ2) is 6.88. The van der Waals surface area contributed by atoms with E-state index in [2.05, 4.69) is 26.5 Å². The van der Waals surface area contributed by atoms with Crippen molar-refractivity contribution in [1.82, 2.24) is 15.2 Å². The number of halogens is 1. The van der Waals surface area contributed by atoms with Crippen molar-refractivity contribution >= 4 is 33.4 Å². The number of ether oxygens (including phenoxy) is 1. The zero-order valence-corrected chi connectivity index (χ0v) is 17.3. The fourth-order valence-electron chi connectivity index (χ4n) is 4.83. The topological polar surface area (TPSA) is 76.3 Å². The highest BCUT2D eigenvalue weighted by molar-refractivity contribution is 5.93. The van der Waals surface area contributed by atoms with E-state index in [1.807, 2.05) is 32.2 Å². The minimum atomic E-state index is -0.359. The molecular formula is C23H22FN5O2. The Morgan fingerprint density at radius 2 is 2.03 bits per heavy atom. The van der Waals surface area contributed by atoms with Gasteiger partial charge in [-0.3, -0.25) is 4.98 Å². The van der Waals surface area contributed by atoms with E-state index < -0.39 is 0 Å². The standard InChI is InChI=1S/C23H22FN5O2/c1-12(17-4-3-5-18-20(24)11-31-22(17)18)26-23-19-7-14(8-25-21(19)13(2)27-28-23)29-15-6-16(29)10-30-9-15/h3-5,7-8,11-12,15-16H,6,9-10H2,1-2H3,(H,26,28)/t12-,15?,16?/m1/s1. The molecule has 2 saturated heterocycles. The molecule has 0 saturated carbocycles. The fraction of sp³-hybridized carbons (Fsp3) is 0.348. The maximum Gasteiger partial charge on any atom is 0.169 e. The van der Waals surface area contributed by atoms with Crippen molar-refractivity contribution in [3.63, 3.8) is 0 Å². The lowest BCUT2D eigenvalue weighted by Crippen LogP contribution is -2.64. The Balaban J connectivity index is 1.39. The molecule has 5 heterocycles. The molecule has 1 aromatic carbocycles. The van der Waals surface area contributed by atoms with Crippen LogP contribution in [0, 0.1) is 12.7 Å². The summed E-state index contributed by atoms with van der Waals surface area (Å²) in [5.41, 5.74) is 4.07. The molecule has 0 amide bonds. The number of nitrogens with one attached hydrogen (secondary N) is 1. The Labute approximate surface area is 178 Å². The summed E-state index contributed by atoms with van der Waals surface area (Å²) in [6.07, 6.45) is 4.23. The molecular weight excluding hydrogens is 397 g/mol. The third-order valence-electron chi connectivity index (χ3n) is 6.42. The highest BCUT2D eigenvalue weighted by Crippen LogP contribution is 2.38. The van der Waals surface area contributed by atoms with Gasteiger partial charge in [-0.25, -0.2) is 4.39 Å². The zero-order valence-electron chi connectivity index (χ0n) is 17.3. The minimum absolute atomic E-state index is 0.171. The van der Waals surface area contributed by atoms with Crippen molar-refractivity contribution in [3.8, 4) is 0 Å². The van der Waals surface area contributed by atoms with E-state index in [-0.39, 0.29) is 11.9 Å². The van der Waals surface area contributed by atoms with E-state index in [1.54, 1.807) is 6.07 Å². The normalized spacial score (nSPS) is 21.3. The molecule has 0 spiro atoms. The SMILES string of the molecule is Cc1nnc(N[C@H](C)c2cccc3c(F)coc23)c2cc(N3C4COCC3C4)cnc12. The van der Waals surface area contributed by atoms with E-state index in [9.17, 15) is 4.39 Å². The number of hydrogen-bond donors (Lipinski definition) is 1. The first-order valence-electron chi connectivity index (χ1n) is 10.5. The van der Waals surface area contributed by atoms with Crippen molar-refractivity contribution in [3.05, 3.63) is 53.8 Å². The van der Waals surface area contributed by atoms with Gasteiger partial charge >= 0.3 is 0 Å². The van der Waals surface area contributed by atoms with Gasteiger partial charge in [0.05, 0.1) is 59.8 Å². The van der Waals surface area contributed by atoms with Crippen molar-refractivity contribution in [2.24, 2.45) is 0 Å². The predicted molar refractivity (Wildman–Crippen MR) is 116 cm³/mol. The third kappa shape index (κ3) is 2.85. The summed E-state index contributed by atoms with van der Waals surface area (Å²) in [6, 6.07) is 8.27. The molecule has 31 heavy (non-hydrogen) atoms. The van der Waals surface area contributed by atoms with Gasteiger partial charge in [0.15, 0.2) is 11.6 Å². The number of para-hydroxylation sites is 1. The summed E-state index contributed by atoms with van der Waals surface area (Å²) in [5.74, 6) is 0.288. The van der Waals surface area contributed by atoms with Crippen LogP contribution in [0.2, 0.25) is 0 Å². The molecule has 0 radical (unpaired) electrons. The first kappa shape index (κ1) is 18.5. The lowest BCUT2D eigenvalue weighted by Gasteiger charge is -2.53. The summed E-state index contributed by atoms with van der Waals surface area (Å²) in [5, 5.41) is 13.6. The van der Waals surface area contributed by atoms with E-state index in [4.69, 9.17) is 14.1 Å². The second-order valence-electron chi connectivity index (χ2n) is 8.39. The number of aromatic nitrogens is 3. The van der Waals surface area contributed by atoms with Gasteiger partial charge in [0.1, 0.15) is 11.8 Å².